The van der Waals surface area contributed by atoms with E-state index in [9.17, 15) is 9.59 Å². The van der Waals surface area contributed by atoms with E-state index in [1.165, 1.54) is 6.92 Å². The van der Waals surface area contributed by atoms with Crippen molar-refractivity contribution < 1.29 is 23.8 Å². The summed E-state index contributed by atoms with van der Waals surface area (Å²) in [6.45, 7) is 1.62. The van der Waals surface area contributed by atoms with Crippen molar-refractivity contribution in [2.75, 3.05) is 12.1 Å². The Balaban J connectivity index is 1.58. The van der Waals surface area contributed by atoms with Gasteiger partial charge in [-0.25, -0.2) is 9.79 Å². The molecule has 2 aromatic carbocycles. The summed E-state index contributed by atoms with van der Waals surface area (Å²) in [6.07, 6.45) is 1.63. The lowest BCUT2D eigenvalue weighted by molar-refractivity contribution is -0.129. The molecule has 7 nitrogen and oxygen atoms in total. The number of carbonyl (C=O) groups excluding carboxylic acids is 2. The normalized spacial score (nSPS) is 16.4. The number of rotatable bonds is 3. The van der Waals surface area contributed by atoms with Crippen LogP contribution in [0.1, 0.15) is 18.1 Å². The Hall–Kier alpha value is -3.61. The highest BCUT2D eigenvalue weighted by Crippen LogP contribution is 2.33. The summed E-state index contributed by atoms with van der Waals surface area (Å²) in [5, 5.41) is 2.67. The molecular weight excluding hydrogens is 336 g/mol. The van der Waals surface area contributed by atoms with Gasteiger partial charge in [0.05, 0.1) is 0 Å². The first-order chi connectivity index (χ1) is 12.6. The number of nitrogens with one attached hydrogen (secondary N) is 1. The van der Waals surface area contributed by atoms with Crippen LogP contribution in [0, 0.1) is 0 Å². The zero-order chi connectivity index (χ0) is 18.1. The quantitative estimate of drug-likeness (QED) is 0.679. The number of hydrogen-bond acceptors (Lipinski definition) is 6. The van der Waals surface area contributed by atoms with Gasteiger partial charge in [-0.3, -0.25) is 4.79 Å². The van der Waals surface area contributed by atoms with Crippen LogP contribution >= 0.6 is 0 Å². The van der Waals surface area contributed by atoms with Crippen LogP contribution in [0.15, 0.2) is 53.2 Å². The Morgan fingerprint density at radius 2 is 1.88 bits per heavy atom. The molecule has 2 aromatic rings. The number of fused-ring (bicyclic) bond motifs is 1. The maximum absolute atomic E-state index is 12.1. The average Bonchev–Trinajstić information content (AvgIpc) is 3.22. The van der Waals surface area contributed by atoms with E-state index in [1.807, 2.05) is 6.07 Å². The van der Waals surface area contributed by atoms with Gasteiger partial charge in [0, 0.05) is 18.2 Å². The molecule has 26 heavy (non-hydrogen) atoms. The predicted molar refractivity (Wildman–Crippen MR) is 93.9 cm³/mol. The molecule has 1 amide bonds. The van der Waals surface area contributed by atoms with Crippen molar-refractivity contribution in [2.45, 2.75) is 6.92 Å². The summed E-state index contributed by atoms with van der Waals surface area (Å²) < 4.78 is 15.8. The van der Waals surface area contributed by atoms with E-state index in [0.29, 0.717) is 22.7 Å². The van der Waals surface area contributed by atoms with Gasteiger partial charge in [0.2, 0.25) is 18.6 Å². The number of anilines is 1. The molecule has 0 fully saturated rings. The van der Waals surface area contributed by atoms with Gasteiger partial charge in [-0.15, -0.1) is 0 Å². The van der Waals surface area contributed by atoms with Gasteiger partial charge < -0.3 is 19.5 Å². The van der Waals surface area contributed by atoms with Gasteiger partial charge in [0.25, 0.3) is 0 Å². The number of benzene rings is 2. The molecular formula is C19H14N2O5. The van der Waals surface area contributed by atoms with Crippen LogP contribution in [0.2, 0.25) is 0 Å². The van der Waals surface area contributed by atoms with Crippen molar-refractivity contribution in [2.24, 2.45) is 4.99 Å². The van der Waals surface area contributed by atoms with Gasteiger partial charge in [-0.2, -0.15) is 0 Å². The minimum atomic E-state index is -0.524. The fraction of sp³-hybridized carbons (Fsp3) is 0.105. The highest BCUT2D eigenvalue weighted by molar-refractivity contribution is 6.13. The van der Waals surface area contributed by atoms with E-state index in [2.05, 4.69) is 10.3 Å². The smallest absolute Gasteiger partial charge is 0.363 e. The van der Waals surface area contributed by atoms with E-state index >= 15 is 0 Å². The molecule has 2 aliphatic rings. The Morgan fingerprint density at radius 1 is 1.12 bits per heavy atom. The van der Waals surface area contributed by atoms with E-state index in [1.54, 1.807) is 42.5 Å². The molecule has 0 spiro atoms. The lowest BCUT2D eigenvalue weighted by Gasteiger charge is -2.03. The molecule has 0 radical (unpaired) electrons. The molecule has 0 unspecified atom stereocenters. The van der Waals surface area contributed by atoms with Crippen molar-refractivity contribution >= 4 is 29.5 Å². The molecule has 0 saturated heterocycles. The van der Waals surface area contributed by atoms with Gasteiger partial charge in [0.15, 0.2) is 17.2 Å². The van der Waals surface area contributed by atoms with Crippen molar-refractivity contribution in [1.82, 2.24) is 0 Å². The first-order valence-electron chi connectivity index (χ1n) is 7.89. The van der Waals surface area contributed by atoms with Crippen molar-refractivity contribution in [3.05, 3.63) is 59.3 Å². The van der Waals surface area contributed by atoms with Crippen molar-refractivity contribution in [3.8, 4) is 11.5 Å². The average molecular weight is 350 g/mol. The first-order valence-corrected chi connectivity index (χ1v) is 7.89. The molecule has 0 atom stereocenters. The number of nitrogens with zero attached hydrogens (tertiary/aromatic N) is 1. The van der Waals surface area contributed by atoms with E-state index in [4.69, 9.17) is 14.2 Å². The molecule has 1 N–H and O–H groups in total. The fourth-order valence-corrected chi connectivity index (χ4v) is 2.59. The Kier molecular flexibility index (Phi) is 3.89. The Morgan fingerprint density at radius 3 is 2.65 bits per heavy atom. The van der Waals surface area contributed by atoms with E-state index < -0.39 is 5.97 Å². The summed E-state index contributed by atoms with van der Waals surface area (Å²) in [4.78, 5) is 27.4. The van der Waals surface area contributed by atoms with Crippen LogP contribution in [0.3, 0.4) is 0 Å². The number of amides is 1. The van der Waals surface area contributed by atoms with Gasteiger partial charge in [-0.1, -0.05) is 6.07 Å². The summed E-state index contributed by atoms with van der Waals surface area (Å²) in [5.41, 5.74) is 2.25. The van der Waals surface area contributed by atoms with Crippen LogP contribution in [0.4, 0.5) is 5.69 Å². The van der Waals surface area contributed by atoms with Crippen LogP contribution in [0.5, 0.6) is 11.5 Å². The topological polar surface area (TPSA) is 86.2 Å². The molecule has 2 heterocycles. The third kappa shape index (κ3) is 3.14. The second-order valence-corrected chi connectivity index (χ2v) is 5.71. The van der Waals surface area contributed by atoms with Gasteiger partial charge in [-0.05, 0) is 48.0 Å². The summed E-state index contributed by atoms with van der Waals surface area (Å²) in [6, 6.07) is 12.2. The third-order valence-corrected chi connectivity index (χ3v) is 3.77. The molecule has 0 saturated carbocycles. The molecule has 130 valence electrons. The molecule has 0 aliphatic carbocycles. The second kappa shape index (κ2) is 6.36. The zero-order valence-electron chi connectivity index (χ0n) is 13.8. The van der Waals surface area contributed by atoms with Crippen LogP contribution < -0.4 is 14.8 Å². The minimum Gasteiger partial charge on any atom is -0.454 e. The number of hydrogen-bond donors (Lipinski definition) is 1. The maximum Gasteiger partial charge on any atom is 0.363 e. The summed E-state index contributed by atoms with van der Waals surface area (Å²) in [5.74, 6) is 0.837. The van der Waals surface area contributed by atoms with Crippen LogP contribution in [-0.2, 0) is 14.3 Å². The number of esters is 1. The van der Waals surface area contributed by atoms with Crippen LogP contribution in [0.25, 0.3) is 6.08 Å². The fourth-order valence-electron chi connectivity index (χ4n) is 2.59. The minimum absolute atomic E-state index is 0.156. The third-order valence-electron chi connectivity index (χ3n) is 3.77. The standard InChI is InChI=1S/C19H14N2O5/c1-11(22)20-14-5-3-13(4-6-14)18-21-15(19(23)26-18)8-12-2-7-16-17(9-12)25-10-24-16/h2-9H,10H2,1H3,(H,20,22)/b15-8-. The van der Waals surface area contributed by atoms with E-state index in [-0.39, 0.29) is 24.3 Å². The number of ether oxygens (including phenoxy) is 3. The van der Waals surface area contributed by atoms with E-state index in [0.717, 1.165) is 5.56 Å². The molecule has 0 aromatic heterocycles. The molecule has 2 aliphatic heterocycles. The second-order valence-electron chi connectivity index (χ2n) is 5.71. The van der Waals surface area contributed by atoms with Crippen molar-refractivity contribution in [1.29, 1.82) is 0 Å². The molecule has 7 heteroatoms. The number of cyclic esters (lactones) is 1. The van der Waals surface area contributed by atoms with Crippen LogP contribution in [-0.4, -0.2) is 24.6 Å². The first kappa shape index (κ1) is 15.9. The lowest BCUT2D eigenvalue weighted by Crippen LogP contribution is -2.07. The monoisotopic (exact) mass is 350 g/mol. The van der Waals surface area contributed by atoms with Crippen molar-refractivity contribution in [3.63, 3.8) is 0 Å². The zero-order valence-corrected chi connectivity index (χ0v) is 13.8. The Bertz CT molecular complexity index is 960. The highest BCUT2D eigenvalue weighted by Gasteiger charge is 2.24. The van der Waals surface area contributed by atoms with Gasteiger partial charge >= 0.3 is 5.97 Å². The maximum atomic E-state index is 12.1. The summed E-state index contributed by atoms with van der Waals surface area (Å²) in [7, 11) is 0. The Labute approximate surface area is 148 Å². The SMILES string of the molecule is CC(=O)Nc1ccc(C2=N/C(=C\c3ccc4c(c3)OCO4)C(=O)O2)cc1. The predicted octanol–water partition coefficient (Wildman–Crippen LogP) is 2.72. The largest absolute Gasteiger partial charge is 0.454 e. The summed E-state index contributed by atoms with van der Waals surface area (Å²) >= 11 is 0. The van der Waals surface area contributed by atoms with Gasteiger partial charge in [0.1, 0.15) is 0 Å². The highest BCUT2D eigenvalue weighted by atomic mass is 16.7. The molecule has 0 bridgehead atoms. The number of carbonyl (C=O) groups is 2. The number of aliphatic imine (C=N–C) groups is 1. The lowest BCUT2D eigenvalue weighted by atomic mass is 10.1. The molecule has 4 rings (SSSR count).